The number of hydrogen-bond donors (Lipinski definition) is 0. The molecule has 8 heteroatoms. The van der Waals surface area contributed by atoms with Crippen LogP contribution in [-0.2, 0) is 18.9 Å². The average Bonchev–Trinajstić information content (AvgIpc) is 2.20. The van der Waals surface area contributed by atoms with Crippen molar-refractivity contribution < 1.29 is 28.5 Å². The quantitative estimate of drug-likeness (QED) is 0.471. The van der Waals surface area contributed by atoms with Crippen LogP contribution in [0.4, 0.5) is 9.59 Å². The molecule has 0 amide bonds. The molecule has 0 N–H and O–H groups in total. The van der Waals surface area contributed by atoms with E-state index in [1.807, 2.05) is 0 Å². The maximum Gasteiger partial charge on any atom is 0.403 e. The van der Waals surface area contributed by atoms with E-state index in [-0.39, 0.29) is 26.4 Å². The summed E-state index contributed by atoms with van der Waals surface area (Å²) in [7, 11) is 0. The smallest absolute Gasteiger partial charge is 0.403 e. The Morgan fingerprint density at radius 2 is 1.00 bits per heavy atom. The van der Waals surface area contributed by atoms with Gasteiger partial charge in [0.05, 0.1) is 26.4 Å². The van der Waals surface area contributed by atoms with Crippen LogP contribution in [0.5, 0.6) is 0 Å². The summed E-state index contributed by atoms with van der Waals surface area (Å²) < 4.78 is 18.8. The fraction of sp³-hybridized carbons (Fsp3) is 0.750. The van der Waals surface area contributed by atoms with Crippen molar-refractivity contribution in [2.75, 3.05) is 39.6 Å². The summed E-state index contributed by atoms with van der Waals surface area (Å²) in [5, 5.41) is 0. The van der Waals surface area contributed by atoms with Crippen molar-refractivity contribution in [3.8, 4) is 0 Å². The summed E-state index contributed by atoms with van der Waals surface area (Å²) in [6.45, 7) is 1.39. The molecule has 0 saturated carbocycles. The third-order valence-corrected chi connectivity index (χ3v) is 1.48. The molecule has 0 aliphatic rings. The Bertz CT molecular complexity index is 189. The van der Waals surface area contributed by atoms with Gasteiger partial charge in [0.2, 0.25) is 0 Å². The molecule has 0 radical (unpaired) electrons. The molecular formula is C8H12Cl2O6. The normalized spacial score (nSPS) is 9.88. The summed E-state index contributed by atoms with van der Waals surface area (Å²) in [6, 6.07) is 0. The highest BCUT2D eigenvalue weighted by Gasteiger charge is 1.96. The average molecular weight is 275 g/mol. The Morgan fingerprint density at radius 1 is 0.688 bits per heavy atom. The number of carbonyl (C=O) groups is 2. The highest BCUT2D eigenvalue weighted by molar-refractivity contribution is 6.61. The minimum atomic E-state index is -0.859. The molecule has 94 valence electrons. The van der Waals surface area contributed by atoms with E-state index in [2.05, 4.69) is 9.47 Å². The van der Waals surface area contributed by atoms with E-state index in [9.17, 15) is 9.59 Å². The van der Waals surface area contributed by atoms with Gasteiger partial charge < -0.3 is 18.9 Å². The topological polar surface area (TPSA) is 71.1 Å². The van der Waals surface area contributed by atoms with Crippen LogP contribution >= 0.6 is 23.2 Å². The molecule has 0 bridgehead atoms. The minimum Gasteiger partial charge on any atom is -0.451 e. The number of ether oxygens (including phenoxy) is 4. The van der Waals surface area contributed by atoms with Gasteiger partial charge in [-0.3, -0.25) is 0 Å². The lowest BCUT2D eigenvalue weighted by Crippen LogP contribution is -2.12. The largest absolute Gasteiger partial charge is 0.451 e. The van der Waals surface area contributed by atoms with Gasteiger partial charge in [0, 0.05) is 23.2 Å². The Kier molecular flexibility index (Phi) is 10.6. The lowest BCUT2D eigenvalue weighted by Gasteiger charge is -2.05. The first kappa shape index (κ1) is 15.4. The van der Waals surface area contributed by atoms with Gasteiger partial charge in [-0.25, -0.2) is 9.59 Å². The Labute approximate surface area is 103 Å². The monoisotopic (exact) mass is 274 g/mol. The highest BCUT2D eigenvalue weighted by Crippen LogP contribution is 1.88. The molecule has 0 unspecified atom stereocenters. The Morgan fingerprint density at radius 3 is 1.31 bits per heavy atom. The molecule has 0 aromatic carbocycles. The summed E-state index contributed by atoms with van der Waals surface area (Å²) in [6.07, 6.45) is 0. The molecule has 0 heterocycles. The van der Waals surface area contributed by atoms with Crippen molar-refractivity contribution in [2.24, 2.45) is 0 Å². The third-order valence-electron chi connectivity index (χ3n) is 1.26. The zero-order valence-electron chi connectivity index (χ0n) is 8.45. The first-order valence-electron chi connectivity index (χ1n) is 4.43. The molecule has 0 aliphatic carbocycles. The molecule has 16 heavy (non-hydrogen) atoms. The lowest BCUT2D eigenvalue weighted by molar-refractivity contribution is 0.0196. The molecule has 0 atom stereocenters. The van der Waals surface area contributed by atoms with Crippen molar-refractivity contribution >= 4 is 34.1 Å². The predicted molar refractivity (Wildman–Crippen MR) is 56.0 cm³/mol. The van der Waals surface area contributed by atoms with Gasteiger partial charge in [-0.15, -0.1) is 0 Å². The predicted octanol–water partition coefficient (Wildman–Crippen LogP) is 1.77. The van der Waals surface area contributed by atoms with Gasteiger partial charge in [0.1, 0.15) is 13.2 Å². The van der Waals surface area contributed by atoms with E-state index in [0.717, 1.165) is 0 Å². The zero-order valence-corrected chi connectivity index (χ0v) is 9.96. The fourth-order valence-electron chi connectivity index (χ4n) is 0.684. The van der Waals surface area contributed by atoms with Crippen LogP contribution in [0.3, 0.4) is 0 Å². The second-order valence-corrected chi connectivity index (χ2v) is 3.01. The number of hydrogen-bond acceptors (Lipinski definition) is 6. The van der Waals surface area contributed by atoms with Crippen LogP contribution < -0.4 is 0 Å². The fourth-order valence-corrected chi connectivity index (χ4v) is 0.838. The minimum absolute atomic E-state index is 0.103. The van der Waals surface area contributed by atoms with E-state index in [4.69, 9.17) is 32.7 Å². The molecule has 0 fully saturated rings. The van der Waals surface area contributed by atoms with Gasteiger partial charge in [0.15, 0.2) is 0 Å². The second-order valence-electron chi connectivity index (χ2n) is 2.40. The Balaban J connectivity index is 2.98. The van der Waals surface area contributed by atoms with Crippen molar-refractivity contribution in [1.29, 1.82) is 0 Å². The molecule has 0 aliphatic heterocycles. The van der Waals surface area contributed by atoms with Gasteiger partial charge >= 0.3 is 10.9 Å². The third kappa shape index (κ3) is 13.4. The number of halogens is 2. The van der Waals surface area contributed by atoms with Gasteiger partial charge in [-0.1, -0.05) is 0 Å². The van der Waals surface area contributed by atoms with Crippen LogP contribution in [0.1, 0.15) is 0 Å². The SMILES string of the molecule is O=C(Cl)OCCOCCOCCOC(=O)Cl. The van der Waals surface area contributed by atoms with E-state index in [1.54, 1.807) is 0 Å². The number of rotatable bonds is 9. The van der Waals surface area contributed by atoms with E-state index in [1.165, 1.54) is 0 Å². The Hall–Kier alpha value is -0.560. The van der Waals surface area contributed by atoms with Crippen LogP contribution in [0.15, 0.2) is 0 Å². The lowest BCUT2D eigenvalue weighted by atomic mass is 10.7. The highest BCUT2D eigenvalue weighted by atomic mass is 35.5. The summed E-state index contributed by atoms with van der Waals surface area (Å²) >= 11 is 9.81. The zero-order chi connectivity index (χ0) is 12.2. The first-order chi connectivity index (χ1) is 7.63. The maximum atomic E-state index is 10.1. The molecular weight excluding hydrogens is 263 g/mol. The van der Waals surface area contributed by atoms with Crippen LogP contribution in [-0.4, -0.2) is 50.5 Å². The maximum absolute atomic E-state index is 10.1. The summed E-state index contributed by atoms with van der Waals surface area (Å²) in [4.78, 5) is 20.2. The molecule has 0 aromatic rings. The first-order valence-corrected chi connectivity index (χ1v) is 5.18. The molecule has 6 nitrogen and oxygen atoms in total. The van der Waals surface area contributed by atoms with Gasteiger partial charge in [0.25, 0.3) is 0 Å². The molecule has 0 rings (SSSR count). The van der Waals surface area contributed by atoms with Crippen LogP contribution in [0.25, 0.3) is 0 Å². The van der Waals surface area contributed by atoms with Gasteiger partial charge in [-0.05, 0) is 0 Å². The summed E-state index contributed by atoms with van der Waals surface area (Å²) in [5.41, 5.74) is -1.72. The van der Waals surface area contributed by atoms with Crippen LogP contribution in [0, 0.1) is 0 Å². The van der Waals surface area contributed by atoms with Crippen LogP contribution in [0.2, 0.25) is 0 Å². The molecule has 0 spiro atoms. The van der Waals surface area contributed by atoms with E-state index >= 15 is 0 Å². The van der Waals surface area contributed by atoms with Crippen molar-refractivity contribution in [2.45, 2.75) is 0 Å². The number of carbonyl (C=O) groups excluding carboxylic acids is 2. The van der Waals surface area contributed by atoms with Crippen molar-refractivity contribution in [3.05, 3.63) is 0 Å². The standard InChI is InChI=1S/C8H12Cl2O6/c9-7(11)15-5-3-13-1-2-14-4-6-16-8(10)12/h1-6H2. The summed E-state index contributed by atoms with van der Waals surface area (Å²) in [5.74, 6) is 0. The van der Waals surface area contributed by atoms with Crippen molar-refractivity contribution in [1.82, 2.24) is 0 Å². The van der Waals surface area contributed by atoms with E-state index in [0.29, 0.717) is 13.2 Å². The molecule has 0 saturated heterocycles. The van der Waals surface area contributed by atoms with E-state index < -0.39 is 10.9 Å². The van der Waals surface area contributed by atoms with Crippen molar-refractivity contribution in [3.63, 3.8) is 0 Å². The molecule has 0 aromatic heterocycles. The second kappa shape index (κ2) is 10.9. The van der Waals surface area contributed by atoms with Gasteiger partial charge in [-0.2, -0.15) is 0 Å².